The van der Waals surface area contributed by atoms with Gasteiger partial charge < -0.3 is 20.3 Å². The van der Waals surface area contributed by atoms with Crippen LogP contribution in [-0.4, -0.2) is 34.2 Å². The fourth-order valence-corrected chi connectivity index (χ4v) is 1.59. The van der Waals surface area contributed by atoms with Crippen molar-refractivity contribution < 1.29 is 24.5 Å². The van der Waals surface area contributed by atoms with Crippen molar-refractivity contribution in [1.82, 2.24) is 5.32 Å². The summed E-state index contributed by atoms with van der Waals surface area (Å²) in [4.78, 5) is 23.3. The molecule has 0 bridgehead atoms. The maximum absolute atomic E-state index is 11.8. The molecule has 6 heteroatoms. The summed E-state index contributed by atoms with van der Waals surface area (Å²) in [6.45, 7) is 4.94. The number of hydrogen-bond acceptors (Lipinski definition) is 5. The summed E-state index contributed by atoms with van der Waals surface area (Å²) < 4.78 is 4.96. The first-order valence-electron chi connectivity index (χ1n) is 6.31. The highest BCUT2D eigenvalue weighted by Crippen LogP contribution is 2.26. The lowest BCUT2D eigenvalue weighted by Gasteiger charge is -2.15. The minimum atomic E-state index is -0.794. The zero-order chi connectivity index (χ0) is 15.3. The Bertz CT molecular complexity index is 478. The Labute approximate surface area is 117 Å². The molecular weight excluding hydrogens is 262 g/mol. The average Bonchev–Trinajstić information content (AvgIpc) is 2.33. The molecule has 0 saturated heterocycles. The Balaban J connectivity index is 2.62. The second-order valence-corrected chi connectivity index (χ2v) is 4.73. The normalized spacial score (nSPS) is 12.0. The van der Waals surface area contributed by atoms with Crippen LogP contribution in [0.1, 0.15) is 26.3 Å². The van der Waals surface area contributed by atoms with Gasteiger partial charge in [-0.15, -0.1) is 0 Å². The highest BCUT2D eigenvalue weighted by atomic mass is 16.5. The Morgan fingerprint density at radius 2 is 1.75 bits per heavy atom. The summed E-state index contributed by atoms with van der Waals surface area (Å²) in [5.74, 6) is -1.36. The number of aromatic hydroxyl groups is 2. The van der Waals surface area contributed by atoms with E-state index in [1.807, 2.05) is 0 Å². The van der Waals surface area contributed by atoms with Crippen molar-refractivity contribution in [2.75, 3.05) is 0 Å². The van der Waals surface area contributed by atoms with Crippen LogP contribution in [0.3, 0.4) is 0 Å². The highest BCUT2D eigenvalue weighted by Gasteiger charge is 2.19. The first-order chi connectivity index (χ1) is 9.31. The van der Waals surface area contributed by atoms with E-state index in [1.165, 1.54) is 25.1 Å². The van der Waals surface area contributed by atoms with Gasteiger partial charge in [0.15, 0.2) is 0 Å². The number of nitrogens with one attached hydrogen (secondary N) is 1. The summed E-state index contributed by atoms with van der Waals surface area (Å²) in [7, 11) is 0. The highest BCUT2D eigenvalue weighted by molar-refractivity contribution is 5.86. The molecule has 0 aliphatic heterocycles. The van der Waals surface area contributed by atoms with Gasteiger partial charge in [-0.2, -0.15) is 0 Å². The molecule has 0 spiro atoms. The molecule has 1 aromatic carbocycles. The fourth-order valence-electron chi connectivity index (χ4n) is 1.59. The van der Waals surface area contributed by atoms with E-state index in [0.717, 1.165) is 0 Å². The van der Waals surface area contributed by atoms with Gasteiger partial charge in [-0.25, -0.2) is 4.79 Å². The molecule has 20 heavy (non-hydrogen) atoms. The van der Waals surface area contributed by atoms with E-state index in [0.29, 0.717) is 0 Å². The number of carbonyl (C=O) groups is 2. The number of phenols is 2. The second kappa shape index (κ2) is 6.79. The number of benzene rings is 1. The first-order valence-corrected chi connectivity index (χ1v) is 6.31. The molecule has 0 saturated carbocycles. The van der Waals surface area contributed by atoms with E-state index < -0.39 is 17.9 Å². The number of amides is 1. The molecule has 110 valence electrons. The maximum Gasteiger partial charge on any atom is 0.328 e. The van der Waals surface area contributed by atoms with Crippen LogP contribution in [0.15, 0.2) is 18.2 Å². The minimum absolute atomic E-state index is 0.120. The molecule has 0 aromatic heterocycles. The van der Waals surface area contributed by atoms with Crippen molar-refractivity contribution in [3.8, 4) is 11.5 Å². The summed E-state index contributed by atoms with van der Waals surface area (Å²) in [5.41, 5.74) is 0.120. The smallest absolute Gasteiger partial charge is 0.328 e. The van der Waals surface area contributed by atoms with Gasteiger partial charge in [0.25, 0.3) is 0 Å². The third-order valence-electron chi connectivity index (χ3n) is 2.55. The molecule has 0 radical (unpaired) electrons. The van der Waals surface area contributed by atoms with E-state index >= 15 is 0 Å². The van der Waals surface area contributed by atoms with Crippen molar-refractivity contribution in [2.45, 2.75) is 39.3 Å². The fraction of sp³-hybridized carbons (Fsp3) is 0.429. The zero-order valence-corrected chi connectivity index (χ0v) is 11.7. The molecule has 1 unspecified atom stereocenters. The molecule has 1 rings (SSSR count). The second-order valence-electron chi connectivity index (χ2n) is 4.73. The topological polar surface area (TPSA) is 95.9 Å². The van der Waals surface area contributed by atoms with Crippen molar-refractivity contribution in [2.24, 2.45) is 0 Å². The minimum Gasteiger partial charge on any atom is -0.508 e. The number of ether oxygens (including phenoxy) is 1. The van der Waals surface area contributed by atoms with Gasteiger partial charge in [-0.1, -0.05) is 6.07 Å². The molecule has 1 aromatic rings. The van der Waals surface area contributed by atoms with Crippen LogP contribution in [-0.2, 0) is 20.7 Å². The van der Waals surface area contributed by atoms with Gasteiger partial charge in [-0.3, -0.25) is 4.79 Å². The Morgan fingerprint density at radius 3 is 2.25 bits per heavy atom. The lowest BCUT2D eigenvalue weighted by molar-refractivity contribution is -0.150. The third-order valence-corrected chi connectivity index (χ3v) is 2.55. The van der Waals surface area contributed by atoms with E-state index in [1.54, 1.807) is 13.8 Å². The quantitative estimate of drug-likeness (QED) is 0.702. The molecule has 6 nitrogen and oxygen atoms in total. The Kier molecular flexibility index (Phi) is 5.37. The average molecular weight is 281 g/mol. The standard InChI is InChI=1S/C14H19NO5/c1-8(2)20-14(19)9(3)15-13(18)7-10-11(16)5-4-6-12(10)17/h4-6,8-9,16-17H,7H2,1-3H3,(H,15,18). The number of rotatable bonds is 5. The van der Waals surface area contributed by atoms with Gasteiger partial charge in [0.1, 0.15) is 17.5 Å². The predicted octanol–water partition coefficient (Wildman–Crippen LogP) is 1.10. The summed E-state index contributed by atoms with van der Waals surface area (Å²) in [6, 6.07) is 3.42. The van der Waals surface area contributed by atoms with Gasteiger partial charge >= 0.3 is 5.97 Å². The lowest BCUT2D eigenvalue weighted by atomic mass is 10.1. The summed E-state index contributed by atoms with van der Waals surface area (Å²) in [5, 5.41) is 21.6. The monoisotopic (exact) mass is 281 g/mol. The van der Waals surface area contributed by atoms with Gasteiger partial charge in [-0.05, 0) is 32.9 Å². The molecule has 0 fully saturated rings. The van der Waals surface area contributed by atoms with E-state index in [2.05, 4.69) is 5.32 Å². The van der Waals surface area contributed by atoms with Crippen molar-refractivity contribution in [3.63, 3.8) is 0 Å². The zero-order valence-electron chi connectivity index (χ0n) is 11.7. The number of phenolic OH excluding ortho intramolecular Hbond substituents is 2. The number of esters is 1. The molecule has 1 amide bonds. The van der Waals surface area contributed by atoms with E-state index in [4.69, 9.17) is 4.74 Å². The van der Waals surface area contributed by atoms with Crippen LogP contribution >= 0.6 is 0 Å². The molecule has 0 heterocycles. The largest absolute Gasteiger partial charge is 0.508 e. The first kappa shape index (κ1) is 15.8. The molecule has 0 aliphatic carbocycles. The molecule has 3 N–H and O–H groups in total. The molecule has 0 aliphatic rings. The van der Waals surface area contributed by atoms with Gasteiger partial charge in [0.2, 0.25) is 5.91 Å². The van der Waals surface area contributed by atoms with Crippen molar-refractivity contribution in [3.05, 3.63) is 23.8 Å². The van der Waals surface area contributed by atoms with Crippen LogP contribution < -0.4 is 5.32 Å². The molecule has 1 atom stereocenters. The number of hydrogen-bond donors (Lipinski definition) is 3. The van der Waals surface area contributed by atoms with Crippen LogP contribution in [0.25, 0.3) is 0 Å². The van der Waals surface area contributed by atoms with Crippen LogP contribution in [0.4, 0.5) is 0 Å². The summed E-state index contributed by atoms with van der Waals surface area (Å²) in [6.07, 6.45) is -0.485. The third kappa shape index (κ3) is 4.46. The SMILES string of the molecule is CC(C)OC(=O)C(C)NC(=O)Cc1c(O)cccc1O. The van der Waals surface area contributed by atoms with Crippen molar-refractivity contribution in [1.29, 1.82) is 0 Å². The van der Waals surface area contributed by atoms with Crippen LogP contribution in [0.5, 0.6) is 11.5 Å². The predicted molar refractivity (Wildman–Crippen MR) is 72.3 cm³/mol. The summed E-state index contributed by atoms with van der Waals surface area (Å²) >= 11 is 0. The van der Waals surface area contributed by atoms with Gasteiger partial charge in [0, 0.05) is 5.56 Å². The Hall–Kier alpha value is -2.24. The lowest BCUT2D eigenvalue weighted by Crippen LogP contribution is -2.41. The molecular formula is C14H19NO5. The maximum atomic E-state index is 11.8. The van der Waals surface area contributed by atoms with Crippen LogP contribution in [0.2, 0.25) is 0 Å². The van der Waals surface area contributed by atoms with E-state index in [9.17, 15) is 19.8 Å². The van der Waals surface area contributed by atoms with Crippen LogP contribution in [0, 0.1) is 0 Å². The number of carbonyl (C=O) groups excluding carboxylic acids is 2. The van der Waals surface area contributed by atoms with E-state index in [-0.39, 0.29) is 29.6 Å². The Morgan fingerprint density at radius 1 is 1.20 bits per heavy atom. The van der Waals surface area contributed by atoms with Gasteiger partial charge in [0.05, 0.1) is 12.5 Å². The van der Waals surface area contributed by atoms with Crippen molar-refractivity contribution >= 4 is 11.9 Å².